The van der Waals surface area contributed by atoms with Crippen LogP contribution in [0.4, 0.5) is 0 Å². The molecule has 0 aromatic heterocycles. The zero-order valence-electron chi connectivity index (χ0n) is 47.4. The smallest absolute Gasteiger partial charge is 0.306 e. The highest BCUT2D eigenvalue weighted by Crippen LogP contribution is 2.26. The average Bonchev–Trinajstić information content (AvgIpc) is 3.41. The molecule has 1 rings (SSSR count). The summed E-state index contributed by atoms with van der Waals surface area (Å²) >= 11 is 0. The van der Waals surface area contributed by atoms with Crippen molar-refractivity contribution in [3.63, 3.8) is 0 Å². The number of allylic oxidation sites excluding steroid dienone is 15. The number of unbranched alkanes of at least 4 members (excludes halogenated alkanes) is 21. The van der Waals surface area contributed by atoms with Crippen LogP contribution in [-0.4, -0.2) is 99.6 Å². The minimum Gasteiger partial charge on any atom is -0.454 e. The molecule has 1 aliphatic rings. The number of amides is 1. The first kappa shape index (κ1) is 69.6. The second-order valence-corrected chi connectivity index (χ2v) is 20.4. The Morgan fingerprint density at radius 3 is 1.40 bits per heavy atom. The molecule has 430 valence electrons. The Bertz CT molecular complexity index is 1580. The summed E-state index contributed by atoms with van der Waals surface area (Å²) in [5.74, 6) is -1.27. The molecule has 1 fully saturated rings. The largest absolute Gasteiger partial charge is 0.454 e. The summed E-state index contributed by atoms with van der Waals surface area (Å²) in [6.07, 6.45) is 57.4. The molecule has 0 radical (unpaired) electrons. The van der Waals surface area contributed by atoms with Crippen LogP contribution in [0.3, 0.4) is 0 Å². The molecule has 11 nitrogen and oxygen atoms in total. The fourth-order valence-electron chi connectivity index (χ4n) is 8.65. The Labute approximate surface area is 456 Å². The lowest BCUT2D eigenvalue weighted by Gasteiger charge is -2.41. The van der Waals surface area contributed by atoms with E-state index in [0.717, 1.165) is 103 Å². The summed E-state index contributed by atoms with van der Waals surface area (Å²) in [6, 6.07) is -1.06. The monoisotopic (exact) mass is 1050 g/mol. The first-order valence-electron chi connectivity index (χ1n) is 30.0. The van der Waals surface area contributed by atoms with Crippen molar-refractivity contribution in [2.75, 3.05) is 13.2 Å². The first-order chi connectivity index (χ1) is 36.7. The van der Waals surface area contributed by atoms with Gasteiger partial charge in [-0.2, -0.15) is 0 Å². The molecule has 1 amide bonds. The molecule has 1 aliphatic heterocycles. The number of nitrogens with one attached hydrogen (secondary N) is 1. The molecule has 8 unspecified atom stereocenters. The summed E-state index contributed by atoms with van der Waals surface area (Å²) < 4.78 is 17.6. The summed E-state index contributed by atoms with van der Waals surface area (Å²) in [6.45, 7) is 5.67. The van der Waals surface area contributed by atoms with E-state index >= 15 is 0 Å². The van der Waals surface area contributed by atoms with Gasteiger partial charge in [-0.15, -0.1) is 0 Å². The van der Waals surface area contributed by atoms with Crippen LogP contribution in [0.2, 0.25) is 0 Å². The van der Waals surface area contributed by atoms with Gasteiger partial charge in [0.25, 0.3) is 0 Å². The van der Waals surface area contributed by atoms with Gasteiger partial charge in [-0.3, -0.25) is 9.59 Å². The lowest BCUT2D eigenvalue weighted by atomic mass is 9.99. The Morgan fingerprint density at radius 1 is 0.520 bits per heavy atom. The molecule has 75 heavy (non-hydrogen) atoms. The number of carbonyl (C=O) groups excluding carboxylic acids is 2. The SMILES string of the molecule is CCCCC/C=C\C/C=C\C/C=C\C/C=C\CCC(O)C(=O)NC(COC1OC(CO)C(O)C(O)C1OC(=O)CCCCCCCC/C=C\C/C=C\C/C=C\CCCCC)C(O)/C=C/CCCCCCCCCCC. The highest BCUT2D eigenvalue weighted by atomic mass is 16.7. The van der Waals surface area contributed by atoms with Crippen molar-refractivity contribution in [2.45, 2.75) is 282 Å². The molecule has 0 aliphatic carbocycles. The van der Waals surface area contributed by atoms with Crippen LogP contribution < -0.4 is 5.32 Å². The Kier molecular flexibility index (Phi) is 47.6. The quantitative estimate of drug-likeness (QED) is 0.0195. The maximum atomic E-state index is 13.4. The zero-order chi connectivity index (χ0) is 54.7. The molecule has 11 heteroatoms. The molecule has 0 bridgehead atoms. The van der Waals surface area contributed by atoms with Crippen LogP contribution in [0.5, 0.6) is 0 Å². The van der Waals surface area contributed by atoms with Gasteiger partial charge in [-0.05, 0) is 103 Å². The Hall–Kier alpha value is -3.42. The van der Waals surface area contributed by atoms with Crippen LogP contribution in [0.1, 0.15) is 233 Å². The van der Waals surface area contributed by atoms with E-state index in [1.165, 1.54) is 83.5 Å². The fourth-order valence-corrected chi connectivity index (χ4v) is 8.65. The van der Waals surface area contributed by atoms with Gasteiger partial charge < -0.3 is 45.1 Å². The highest BCUT2D eigenvalue weighted by Gasteiger charge is 2.47. The van der Waals surface area contributed by atoms with Gasteiger partial charge in [0.1, 0.15) is 24.4 Å². The van der Waals surface area contributed by atoms with Gasteiger partial charge in [-0.25, -0.2) is 0 Å². The van der Waals surface area contributed by atoms with Crippen LogP contribution in [0.15, 0.2) is 97.2 Å². The highest BCUT2D eigenvalue weighted by molar-refractivity contribution is 5.80. The number of aliphatic hydroxyl groups is 5. The summed E-state index contributed by atoms with van der Waals surface area (Å²) in [5.41, 5.74) is 0. The lowest BCUT2D eigenvalue weighted by molar-refractivity contribution is -0.305. The molecule has 1 heterocycles. The Balaban J connectivity index is 2.74. The first-order valence-corrected chi connectivity index (χ1v) is 30.0. The van der Waals surface area contributed by atoms with Gasteiger partial charge in [-0.1, -0.05) is 221 Å². The summed E-state index contributed by atoms with van der Waals surface area (Å²) in [7, 11) is 0. The number of hydrogen-bond donors (Lipinski definition) is 6. The Morgan fingerprint density at radius 2 is 0.920 bits per heavy atom. The molecule has 6 N–H and O–H groups in total. The second kappa shape index (κ2) is 51.3. The third-order valence-electron chi connectivity index (χ3n) is 13.5. The van der Waals surface area contributed by atoms with Crippen molar-refractivity contribution in [1.82, 2.24) is 5.32 Å². The van der Waals surface area contributed by atoms with Crippen LogP contribution in [0.25, 0.3) is 0 Å². The molecule has 8 atom stereocenters. The van der Waals surface area contributed by atoms with Gasteiger partial charge >= 0.3 is 5.97 Å². The zero-order valence-corrected chi connectivity index (χ0v) is 47.4. The summed E-state index contributed by atoms with van der Waals surface area (Å²) in [5, 5.41) is 56.8. The predicted molar refractivity (Wildman–Crippen MR) is 310 cm³/mol. The molecular weight excluding hydrogens is 943 g/mol. The molecule has 0 saturated carbocycles. The van der Waals surface area contributed by atoms with Gasteiger partial charge in [0.15, 0.2) is 12.4 Å². The maximum absolute atomic E-state index is 13.4. The van der Waals surface area contributed by atoms with Crippen molar-refractivity contribution in [2.24, 2.45) is 0 Å². The number of rotatable bonds is 49. The van der Waals surface area contributed by atoms with Crippen molar-refractivity contribution >= 4 is 11.9 Å². The molecule has 0 aromatic carbocycles. The second-order valence-electron chi connectivity index (χ2n) is 20.4. The van der Waals surface area contributed by atoms with Crippen LogP contribution >= 0.6 is 0 Å². The maximum Gasteiger partial charge on any atom is 0.306 e. The standard InChI is InChI=1S/C64H109NO10/c1-4-7-10-13-16-19-22-24-26-28-29-30-32-34-37-40-43-46-49-52-59(69)75-62-61(71)60(70)58(53-66)74-64(62)73-54-55(56(67)50-47-44-41-38-35-21-18-15-12-9-6-3)65-63(72)57(68)51-48-45-42-39-36-33-31-27-25-23-20-17-14-11-8-5-2/h16-17,19-20,24-27,29-30,33,36,42,45,47,50,55-58,60-62,64,66-68,70-71H,4-15,18,21-23,28,31-32,34-35,37-41,43-44,46,48-49,51-54H2,1-3H3,(H,65,72)/b19-16-,20-17-,26-24-,27-25-,30-29-,36-33-,45-42-,50-47+. The molecule has 0 aromatic rings. The van der Waals surface area contributed by atoms with E-state index in [4.69, 9.17) is 14.2 Å². The molecular formula is C64H109NO10. The number of aliphatic hydroxyl groups excluding tert-OH is 5. The third-order valence-corrected chi connectivity index (χ3v) is 13.5. The van der Waals surface area contributed by atoms with E-state index in [1.807, 2.05) is 18.2 Å². The van der Waals surface area contributed by atoms with E-state index in [-0.39, 0.29) is 19.4 Å². The van der Waals surface area contributed by atoms with Crippen LogP contribution in [-0.2, 0) is 23.8 Å². The fraction of sp³-hybridized carbons (Fsp3) is 0.719. The number of hydrogen-bond acceptors (Lipinski definition) is 10. The van der Waals surface area contributed by atoms with Crippen molar-refractivity contribution in [3.05, 3.63) is 97.2 Å². The normalized spacial score (nSPS) is 19.9. The minimum atomic E-state index is -1.63. The number of carbonyl (C=O) groups is 2. The number of ether oxygens (including phenoxy) is 3. The van der Waals surface area contributed by atoms with E-state index in [1.54, 1.807) is 6.08 Å². The van der Waals surface area contributed by atoms with Gasteiger partial charge in [0, 0.05) is 6.42 Å². The van der Waals surface area contributed by atoms with E-state index in [9.17, 15) is 35.1 Å². The minimum absolute atomic E-state index is 0.0977. The van der Waals surface area contributed by atoms with E-state index in [0.29, 0.717) is 12.8 Å². The van der Waals surface area contributed by atoms with Crippen molar-refractivity contribution < 1.29 is 49.3 Å². The van der Waals surface area contributed by atoms with E-state index < -0.39 is 67.4 Å². The van der Waals surface area contributed by atoms with E-state index in [2.05, 4.69) is 99.0 Å². The lowest BCUT2D eigenvalue weighted by Crippen LogP contribution is -2.61. The third kappa shape index (κ3) is 39.6. The molecule has 1 saturated heterocycles. The number of esters is 1. The van der Waals surface area contributed by atoms with Crippen molar-refractivity contribution in [3.8, 4) is 0 Å². The van der Waals surface area contributed by atoms with Gasteiger partial charge in [0.2, 0.25) is 5.91 Å². The van der Waals surface area contributed by atoms with Crippen LogP contribution in [0, 0.1) is 0 Å². The predicted octanol–water partition coefficient (Wildman–Crippen LogP) is 13.9. The van der Waals surface area contributed by atoms with Gasteiger partial charge in [0.05, 0.1) is 25.4 Å². The summed E-state index contributed by atoms with van der Waals surface area (Å²) in [4.78, 5) is 26.5. The average molecular weight is 1050 g/mol. The topological polar surface area (TPSA) is 175 Å². The molecule has 0 spiro atoms. The van der Waals surface area contributed by atoms with Crippen molar-refractivity contribution in [1.29, 1.82) is 0 Å².